The number of fused-ring (bicyclic) bond motifs is 1. The Morgan fingerprint density at radius 1 is 1.00 bits per heavy atom. The van der Waals surface area contributed by atoms with Gasteiger partial charge >= 0.3 is 0 Å². The number of nitrogen functional groups attached to an aromatic ring is 1. The summed E-state index contributed by atoms with van der Waals surface area (Å²) in [4.78, 5) is 7.37. The number of nitrogens with one attached hydrogen (secondary N) is 1. The van der Waals surface area contributed by atoms with Crippen LogP contribution >= 0.6 is 0 Å². The summed E-state index contributed by atoms with van der Waals surface area (Å²) >= 11 is 0. The van der Waals surface area contributed by atoms with Crippen molar-refractivity contribution >= 4 is 16.7 Å². The molecule has 3 aromatic rings. The maximum absolute atomic E-state index is 5.68. The van der Waals surface area contributed by atoms with Gasteiger partial charge in [-0.1, -0.05) is 12.1 Å². The van der Waals surface area contributed by atoms with E-state index in [0.29, 0.717) is 0 Å². The standard InChI is InChI=1S/C13H11N3/c14-10-3-1-9(2-4-10)11-5-7-15-13-12(11)6-8-16-13/h1-8H,14H2,(H,15,16). The van der Waals surface area contributed by atoms with Crippen molar-refractivity contribution in [2.24, 2.45) is 0 Å². The van der Waals surface area contributed by atoms with Gasteiger partial charge in [0, 0.05) is 23.5 Å². The molecule has 3 N–H and O–H groups in total. The molecular formula is C13H11N3. The van der Waals surface area contributed by atoms with E-state index in [-0.39, 0.29) is 0 Å². The number of nitrogens with two attached hydrogens (primary N) is 1. The first-order valence-corrected chi connectivity index (χ1v) is 5.12. The molecule has 0 aliphatic heterocycles. The number of H-pyrrole nitrogens is 1. The summed E-state index contributed by atoms with van der Waals surface area (Å²) in [5, 5.41) is 1.13. The van der Waals surface area contributed by atoms with Gasteiger partial charge in [-0.05, 0) is 35.4 Å². The van der Waals surface area contributed by atoms with Crippen LogP contribution in [0.5, 0.6) is 0 Å². The normalized spacial score (nSPS) is 10.8. The van der Waals surface area contributed by atoms with Crippen LogP contribution in [0.4, 0.5) is 5.69 Å². The summed E-state index contributed by atoms with van der Waals surface area (Å²) in [6, 6.07) is 11.9. The Morgan fingerprint density at radius 2 is 1.81 bits per heavy atom. The first-order chi connectivity index (χ1) is 7.84. The number of pyridine rings is 1. The highest BCUT2D eigenvalue weighted by molar-refractivity contribution is 5.92. The fourth-order valence-electron chi connectivity index (χ4n) is 1.88. The van der Waals surface area contributed by atoms with Gasteiger partial charge in [-0.25, -0.2) is 4.98 Å². The topological polar surface area (TPSA) is 54.7 Å². The van der Waals surface area contributed by atoms with Crippen LogP contribution < -0.4 is 5.73 Å². The van der Waals surface area contributed by atoms with Crippen molar-refractivity contribution in [2.45, 2.75) is 0 Å². The highest BCUT2D eigenvalue weighted by atomic mass is 14.8. The van der Waals surface area contributed by atoms with E-state index in [1.807, 2.05) is 48.8 Å². The molecule has 0 fully saturated rings. The first kappa shape index (κ1) is 8.97. The third kappa shape index (κ3) is 1.34. The number of benzene rings is 1. The summed E-state index contributed by atoms with van der Waals surface area (Å²) in [7, 11) is 0. The fourth-order valence-corrected chi connectivity index (χ4v) is 1.88. The molecule has 0 amide bonds. The average Bonchev–Trinajstić information content (AvgIpc) is 2.78. The largest absolute Gasteiger partial charge is 0.399 e. The molecule has 0 saturated carbocycles. The van der Waals surface area contributed by atoms with Crippen molar-refractivity contribution in [3.8, 4) is 11.1 Å². The van der Waals surface area contributed by atoms with E-state index in [0.717, 1.165) is 22.3 Å². The maximum atomic E-state index is 5.68. The van der Waals surface area contributed by atoms with Crippen molar-refractivity contribution in [3.05, 3.63) is 48.8 Å². The lowest BCUT2D eigenvalue weighted by molar-refractivity contribution is 1.33. The Bertz CT molecular complexity index is 623. The number of rotatable bonds is 1. The Morgan fingerprint density at radius 3 is 2.62 bits per heavy atom. The van der Waals surface area contributed by atoms with Gasteiger partial charge in [-0.3, -0.25) is 0 Å². The smallest absolute Gasteiger partial charge is 0.137 e. The highest BCUT2D eigenvalue weighted by Crippen LogP contribution is 2.27. The van der Waals surface area contributed by atoms with Crippen molar-refractivity contribution in [2.75, 3.05) is 5.73 Å². The zero-order chi connectivity index (χ0) is 11.0. The van der Waals surface area contributed by atoms with Gasteiger partial charge in [0.05, 0.1) is 0 Å². The molecule has 0 spiro atoms. The summed E-state index contributed by atoms with van der Waals surface area (Å²) in [6.07, 6.45) is 3.71. The minimum Gasteiger partial charge on any atom is -0.399 e. The lowest BCUT2D eigenvalue weighted by atomic mass is 10.0. The second-order valence-electron chi connectivity index (χ2n) is 3.72. The summed E-state index contributed by atoms with van der Waals surface area (Å²) in [5.41, 5.74) is 9.70. The minimum atomic E-state index is 0.781. The van der Waals surface area contributed by atoms with E-state index in [2.05, 4.69) is 9.97 Å². The molecule has 2 aromatic heterocycles. The van der Waals surface area contributed by atoms with Gasteiger partial charge < -0.3 is 10.7 Å². The molecule has 0 aliphatic carbocycles. The molecule has 0 atom stereocenters. The Kier molecular flexibility index (Phi) is 1.90. The highest BCUT2D eigenvalue weighted by Gasteiger charge is 2.04. The van der Waals surface area contributed by atoms with Crippen LogP contribution in [0, 0.1) is 0 Å². The molecule has 3 heteroatoms. The van der Waals surface area contributed by atoms with E-state index in [1.54, 1.807) is 0 Å². The summed E-state index contributed by atoms with van der Waals surface area (Å²) in [6.45, 7) is 0. The molecular weight excluding hydrogens is 198 g/mol. The summed E-state index contributed by atoms with van der Waals surface area (Å²) < 4.78 is 0. The fraction of sp³-hybridized carbons (Fsp3) is 0. The molecule has 0 unspecified atom stereocenters. The van der Waals surface area contributed by atoms with Gasteiger partial charge in [-0.15, -0.1) is 0 Å². The van der Waals surface area contributed by atoms with Gasteiger partial charge in [0.15, 0.2) is 0 Å². The van der Waals surface area contributed by atoms with E-state index < -0.39 is 0 Å². The molecule has 16 heavy (non-hydrogen) atoms. The average molecular weight is 209 g/mol. The molecule has 2 heterocycles. The number of aromatic amines is 1. The van der Waals surface area contributed by atoms with Crippen LogP contribution in [0.3, 0.4) is 0 Å². The van der Waals surface area contributed by atoms with Crippen LogP contribution in [0.25, 0.3) is 22.2 Å². The number of hydrogen-bond acceptors (Lipinski definition) is 2. The molecule has 3 nitrogen and oxygen atoms in total. The van der Waals surface area contributed by atoms with E-state index >= 15 is 0 Å². The maximum Gasteiger partial charge on any atom is 0.137 e. The van der Waals surface area contributed by atoms with E-state index in [1.165, 1.54) is 5.56 Å². The van der Waals surface area contributed by atoms with Crippen LogP contribution in [-0.4, -0.2) is 9.97 Å². The van der Waals surface area contributed by atoms with Crippen molar-refractivity contribution in [3.63, 3.8) is 0 Å². The van der Waals surface area contributed by atoms with Crippen molar-refractivity contribution in [1.82, 2.24) is 9.97 Å². The molecule has 0 aliphatic rings. The van der Waals surface area contributed by atoms with Crippen molar-refractivity contribution in [1.29, 1.82) is 0 Å². The monoisotopic (exact) mass is 209 g/mol. The zero-order valence-electron chi connectivity index (χ0n) is 8.64. The van der Waals surface area contributed by atoms with Gasteiger partial charge in [0.25, 0.3) is 0 Å². The number of nitrogens with zero attached hydrogens (tertiary/aromatic N) is 1. The second kappa shape index (κ2) is 3.38. The van der Waals surface area contributed by atoms with Crippen LogP contribution in [-0.2, 0) is 0 Å². The predicted octanol–water partition coefficient (Wildman–Crippen LogP) is 2.81. The Hall–Kier alpha value is -2.29. The lowest BCUT2D eigenvalue weighted by Crippen LogP contribution is -1.85. The van der Waals surface area contributed by atoms with Crippen LogP contribution in [0.1, 0.15) is 0 Å². The Labute approximate surface area is 92.9 Å². The minimum absolute atomic E-state index is 0.781. The van der Waals surface area contributed by atoms with Gasteiger partial charge in [0.1, 0.15) is 5.65 Å². The van der Waals surface area contributed by atoms with Gasteiger partial charge in [-0.2, -0.15) is 0 Å². The predicted molar refractivity (Wildman–Crippen MR) is 65.9 cm³/mol. The third-order valence-electron chi connectivity index (χ3n) is 2.68. The Balaban J connectivity index is 2.25. The van der Waals surface area contributed by atoms with E-state index in [9.17, 15) is 0 Å². The lowest BCUT2D eigenvalue weighted by Gasteiger charge is -2.03. The number of anilines is 1. The summed E-state index contributed by atoms with van der Waals surface area (Å²) in [5.74, 6) is 0. The SMILES string of the molecule is Nc1ccc(-c2ccnc3[nH]ccc23)cc1. The molecule has 0 bridgehead atoms. The molecule has 0 saturated heterocycles. The number of aromatic nitrogens is 2. The van der Waals surface area contributed by atoms with Crippen molar-refractivity contribution < 1.29 is 0 Å². The van der Waals surface area contributed by atoms with Crippen LogP contribution in [0.2, 0.25) is 0 Å². The van der Waals surface area contributed by atoms with Gasteiger partial charge in [0.2, 0.25) is 0 Å². The van der Waals surface area contributed by atoms with E-state index in [4.69, 9.17) is 5.73 Å². The quantitative estimate of drug-likeness (QED) is 0.605. The third-order valence-corrected chi connectivity index (χ3v) is 2.68. The first-order valence-electron chi connectivity index (χ1n) is 5.12. The number of hydrogen-bond donors (Lipinski definition) is 2. The zero-order valence-corrected chi connectivity index (χ0v) is 8.64. The molecule has 78 valence electrons. The van der Waals surface area contributed by atoms with Crippen LogP contribution in [0.15, 0.2) is 48.8 Å². The molecule has 0 radical (unpaired) electrons. The molecule has 3 rings (SSSR count). The second-order valence-corrected chi connectivity index (χ2v) is 3.72. The molecule has 1 aromatic carbocycles.